The summed E-state index contributed by atoms with van der Waals surface area (Å²) in [5.74, 6) is 1.53. The monoisotopic (exact) mass is 373 g/mol. The van der Waals surface area contributed by atoms with Crippen LogP contribution in [-0.2, 0) is 16.1 Å². The Balaban J connectivity index is 1.67. The van der Waals surface area contributed by atoms with Gasteiger partial charge < -0.3 is 19.1 Å². The number of thiophene rings is 1. The molecule has 5 nitrogen and oxygen atoms in total. The SMILES string of the molecule is COc1cc(-c2ccc(C)s2)cc2c1OCCN(C(=O)C1CCCO1)C2. The molecule has 2 aliphatic rings. The third-order valence-corrected chi connectivity index (χ3v) is 5.91. The fourth-order valence-corrected chi connectivity index (χ4v) is 4.39. The molecule has 3 heterocycles. The molecule has 138 valence electrons. The number of ether oxygens (including phenoxy) is 3. The van der Waals surface area contributed by atoms with Gasteiger partial charge in [-0.3, -0.25) is 4.79 Å². The molecule has 1 atom stereocenters. The van der Waals surface area contributed by atoms with Crippen molar-refractivity contribution in [3.8, 4) is 21.9 Å². The van der Waals surface area contributed by atoms with Gasteiger partial charge in [0.2, 0.25) is 0 Å². The van der Waals surface area contributed by atoms with Gasteiger partial charge in [0.1, 0.15) is 12.7 Å². The van der Waals surface area contributed by atoms with E-state index in [9.17, 15) is 4.79 Å². The van der Waals surface area contributed by atoms with Crippen molar-refractivity contribution in [2.75, 3.05) is 26.9 Å². The number of fused-ring (bicyclic) bond motifs is 1. The first-order valence-electron chi connectivity index (χ1n) is 8.96. The Bertz CT molecular complexity index is 810. The third-order valence-electron chi connectivity index (χ3n) is 4.86. The van der Waals surface area contributed by atoms with Crippen molar-refractivity contribution in [1.82, 2.24) is 4.90 Å². The maximum absolute atomic E-state index is 12.8. The third kappa shape index (κ3) is 3.31. The van der Waals surface area contributed by atoms with Crippen molar-refractivity contribution in [3.63, 3.8) is 0 Å². The molecule has 1 fully saturated rings. The molecule has 0 N–H and O–H groups in total. The topological polar surface area (TPSA) is 48.0 Å². The molecule has 0 aliphatic carbocycles. The maximum Gasteiger partial charge on any atom is 0.252 e. The molecule has 1 aromatic carbocycles. The Labute approximate surface area is 157 Å². The van der Waals surface area contributed by atoms with E-state index in [1.54, 1.807) is 18.4 Å². The molecule has 1 aromatic heterocycles. The van der Waals surface area contributed by atoms with Crippen LogP contribution in [0.2, 0.25) is 0 Å². The van der Waals surface area contributed by atoms with Gasteiger partial charge in [-0.15, -0.1) is 11.3 Å². The van der Waals surface area contributed by atoms with Crippen molar-refractivity contribution in [2.24, 2.45) is 0 Å². The molecule has 1 amide bonds. The van der Waals surface area contributed by atoms with Gasteiger partial charge in [-0.2, -0.15) is 0 Å². The highest BCUT2D eigenvalue weighted by Crippen LogP contribution is 2.40. The average molecular weight is 373 g/mol. The number of rotatable bonds is 3. The zero-order chi connectivity index (χ0) is 18.1. The van der Waals surface area contributed by atoms with Gasteiger partial charge in [-0.05, 0) is 49.6 Å². The summed E-state index contributed by atoms with van der Waals surface area (Å²) >= 11 is 1.75. The lowest BCUT2D eigenvalue weighted by Gasteiger charge is -2.23. The van der Waals surface area contributed by atoms with E-state index in [-0.39, 0.29) is 12.0 Å². The first-order valence-corrected chi connectivity index (χ1v) is 9.78. The number of amides is 1. The largest absolute Gasteiger partial charge is 0.493 e. The fraction of sp³-hybridized carbons (Fsp3) is 0.450. The number of benzene rings is 1. The second-order valence-electron chi connectivity index (χ2n) is 6.69. The fourth-order valence-electron chi connectivity index (χ4n) is 3.53. The van der Waals surface area contributed by atoms with Crippen molar-refractivity contribution in [1.29, 1.82) is 0 Å². The second kappa shape index (κ2) is 7.29. The van der Waals surface area contributed by atoms with Crippen LogP contribution in [0.3, 0.4) is 0 Å². The molecular weight excluding hydrogens is 350 g/mol. The van der Waals surface area contributed by atoms with Crippen LogP contribution in [0.15, 0.2) is 24.3 Å². The number of carbonyl (C=O) groups excluding carboxylic acids is 1. The maximum atomic E-state index is 12.8. The van der Waals surface area contributed by atoms with Gasteiger partial charge in [0, 0.05) is 28.5 Å². The van der Waals surface area contributed by atoms with E-state index in [1.165, 1.54) is 9.75 Å². The summed E-state index contributed by atoms with van der Waals surface area (Å²) in [5.41, 5.74) is 2.07. The quantitative estimate of drug-likeness (QED) is 0.824. The van der Waals surface area contributed by atoms with Crippen LogP contribution in [0.1, 0.15) is 23.3 Å². The highest BCUT2D eigenvalue weighted by Gasteiger charge is 2.30. The molecule has 0 radical (unpaired) electrons. The summed E-state index contributed by atoms with van der Waals surface area (Å²) in [6.07, 6.45) is 1.45. The minimum atomic E-state index is -0.304. The van der Waals surface area contributed by atoms with Crippen LogP contribution in [0.5, 0.6) is 11.5 Å². The van der Waals surface area contributed by atoms with Gasteiger partial charge in [0.05, 0.1) is 13.7 Å². The Morgan fingerprint density at radius 1 is 1.31 bits per heavy atom. The van der Waals surface area contributed by atoms with Gasteiger partial charge in [-0.1, -0.05) is 0 Å². The number of aryl methyl sites for hydroxylation is 1. The minimum absolute atomic E-state index is 0.0651. The summed E-state index contributed by atoms with van der Waals surface area (Å²) in [7, 11) is 1.66. The predicted molar refractivity (Wildman–Crippen MR) is 101 cm³/mol. The van der Waals surface area contributed by atoms with Gasteiger partial charge in [0.25, 0.3) is 5.91 Å². The molecule has 2 aliphatic heterocycles. The normalized spacial score (nSPS) is 19.6. The van der Waals surface area contributed by atoms with E-state index in [0.29, 0.717) is 26.3 Å². The van der Waals surface area contributed by atoms with Crippen LogP contribution in [0, 0.1) is 6.92 Å². The van der Waals surface area contributed by atoms with E-state index in [0.717, 1.165) is 35.5 Å². The molecule has 0 saturated carbocycles. The zero-order valence-corrected chi connectivity index (χ0v) is 15.9. The summed E-state index contributed by atoms with van der Waals surface area (Å²) in [5, 5.41) is 0. The number of carbonyl (C=O) groups is 1. The van der Waals surface area contributed by atoms with Crippen molar-refractivity contribution in [2.45, 2.75) is 32.4 Å². The number of nitrogens with zero attached hydrogens (tertiary/aromatic N) is 1. The smallest absolute Gasteiger partial charge is 0.252 e. The summed E-state index contributed by atoms with van der Waals surface area (Å²) in [4.78, 5) is 17.1. The van der Waals surface area contributed by atoms with Gasteiger partial charge in [-0.25, -0.2) is 0 Å². The van der Waals surface area contributed by atoms with Crippen LogP contribution >= 0.6 is 11.3 Å². The van der Waals surface area contributed by atoms with Crippen molar-refractivity contribution in [3.05, 3.63) is 34.7 Å². The number of hydrogen-bond acceptors (Lipinski definition) is 5. The van der Waals surface area contributed by atoms with Crippen molar-refractivity contribution >= 4 is 17.2 Å². The lowest BCUT2D eigenvalue weighted by atomic mass is 10.1. The lowest BCUT2D eigenvalue weighted by molar-refractivity contribution is -0.141. The molecule has 26 heavy (non-hydrogen) atoms. The highest BCUT2D eigenvalue weighted by molar-refractivity contribution is 7.15. The Morgan fingerprint density at radius 2 is 2.19 bits per heavy atom. The van der Waals surface area contributed by atoms with E-state index < -0.39 is 0 Å². The Kier molecular flexibility index (Phi) is 4.87. The number of hydrogen-bond donors (Lipinski definition) is 0. The summed E-state index contributed by atoms with van der Waals surface area (Å²) < 4.78 is 17.1. The average Bonchev–Trinajstić information content (AvgIpc) is 3.28. The summed E-state index contributed by atoms with van der Waals surface area (Å²) in [6.45, 7) is 4.30. The van der Waals surface area contributed by atoms with E-state index in [4.69, 9.17) is 14.2 Å². The molecule has 4 rings (SSSR count). The minimum Gasteiger partial charge on any atom is -0.493 e. The molecule has 6 heteroatoms. The van der Waals surface area contributed by atoms with Crippen molar-refractivity contribution < 1.29 is 19.0 Å². The molecule has 1 saturated heterocycles. The van der Waals surface area contributed by atoms with Crippen LogP contribution < -0.4 is 9.47 Å². The highest BCUT2D eigenvalue weighted by atomic mass is 32.1. The first kappa shape index (κ1) is 17.4. The predicted octanol–water partition coefficient (Wildman–Crippen LogP) is 3.63. The van der Waals surface area contributed by atoms with Crippen LogP contribution in [0.4, 0.5) is 0 Å². The van der Waals surface area contributed by atoms with E-state index in [1.807, 2.05) is 11.0 Å². The molecule has 2 aromatic rings. The van der Waals surface area contributed by atoms with E-state index >= 15 is 0 Å². The molecule has 1 unspecified atom stereocenters. The molecular formula is C20H23NO4S. The Hall–Kier alpha value is -2.05. The standard InChI is InChI=1S/C20H23NO4S/c1-13-5-6-18(26-13)14-10-15-12-21(20(22)16-4-3-8-24-16)7-9-25-19(15)17(11-14)23-2/h5-6,10-11,16H,3-4,7-9,12H2,1-2H3. The zero-order valence-electron chi connectivity index (χ0n) is 15.1. The van der Waals surface area contributed by atoms with Crippen LogP contribution in [0.25, 0.3) is 10.4 Å². The van der Waals surface area contributed by atoms with Gasteiger partial charge >= 0.3 is 0 Å². The lowest BCUT2D eigenvalue weighted by Crippen LogP contribution is -2.39. The number of methoxy groups -OCH3 is 1. The van der Waals surface area contributed by atoms with Gasteiger partial charge in [0.15, 0.2) is 11.5 Å². The molecule has 0 spiro atoms. The second-order valence-corrected chi connectivity index (χ2v) is 7.97. The molecule has 0 bridgehead atoms. The summed E-state index contributed by atoms with van der Waals surface area (Å²) in [6, 6.07) is 8.36. The van der Waals surface area contributed by atoms with Crippen LogP contribution in [-0.4, -0.2) is 43.8 Å². The first-order chi connectivity index (χ1) is 12.7. The van der Waals surface area contributed by atoms with E-state index in [2.05, 4.69) is 25.1 Å². The Morgan fingerprint density at radius 3 is 2.88 bits per heavy atom.